The zero-order valence-corrected chi connectivity index (χ0v) is 21.2. The first-order valence-electron chi connectivity index (χ1n) is 9.67. The summed E-state index contributed by atoms with van der Waals surface area (Å²) < 4.78 is 1.97. The van der Waals surface area contributed by atoms with Gasteiger partial charge in [0.05, 0.1) is 0 Å². The summed E-state index contributed by atoms with van der Waals surface area (Å²) in [7, 11) is 4.09. The number of thioether (sulfide) groups is 1. The van der Waals surface area contributed by atoms with E-state index in [1.807, 2.05) is 36.4 Å². The van der Waals surface area contributed by atoms with Gasteiger partial charge in [-0.05, 0) is 31.7 Å². The number of nitrogens with one attached hydrogen (secondary N) is 2. The second-order valence-electron chi connectivity index (χ2n) is 6.85. The van der Waals surface area contributed by atoms with Crippen LogP contribution in [-0.2, 0) is 13.6 Å². The first kappa shape index (κ1) is 25.5. The van der Waals surface area contributed by atoms with Gasteiger partial charge in [0.2, 0.25) is 0 Å². The maximum absolute atomic E-state index is 4.70. The Morgan fingerprint density at radius 3 is 2.59 bits per heavy atom. The van der Waals surface area contributed by atoms with Crippen LogP contribution in [-0.4, -0.2) is 58.9 Å². The number of benzene rings is 1. The summed E-state index contributed by atoms with van der Waals surface area (Å²) in [6, 6.07) is 10.4. The van der Waals surface area contributed by atoms with Crippen LogP contribution in [0.3, 0.4) is 0 Å². The van der Waals surface area contributed by atoms with Crippen molar-refractivity contribution in [3.8, 4) is 0 Å². The fourth-order valence-electron chi connectivity index (χ4n) is 2.57. The summed E-state index contributed by atoms with van der Waals surface area (Å²) >= 11 is 1.84. The van der Waals surface area contributed by atoms with Crippen LogP contribution in [0.5, 0.6) is 0 Å². The summed E-state index contributed by atoms with van der Waals surface area (Å²) in [5.41, 5.74) is 1.24. The van der Waals surface area contributed by atoms with E-state index in [0.717, 1.165) is 43.7 Å². The number of para-hydroxylation sites is 1. The van der Waals surface area contributed by atoms with E-state index in [1.165, 1.54) is 5.69 Å². The first-order chi connectivity index (χ1) is 13.5. The van der Waals surface area contributed by atoms with Gasteiger partial charge in [-0.3, -0.25) is 0 Å². The van der Waals surface area contributed by atoms with E-state index >= 15 is 0 Å². The third kappa shape index (κ3) is 8.81. The molecule has 0 bridgehead atoms. The van der Waals surface area contributed by atoms with E-state index in [1.54, 1.807) is 0 Å². The molecule has 2 aromatic rings. The smallest absolute Gasteiger partial charge is 0.191 e. The highest BCUT2D eigenvalue weighted by atomic mass is 127. The predicted octanol–water partition coefficient (Wildman–Crippen LogP) is 3.05. The van der Waals surface area contributed by atoms with Crippen LogP contribution >= 0.6 is 35.7 Å². The number of nitrogens with zero attached hydrogens (tertiary/aromatic N) is 5. The Hall–Kier alpha value is -1.49. The van der Waals surface area contributed by atoms with E-state index in [-0.39, 0.29) is 24.0 Å². The first-order valence-corrected chi connectivity index (χ1v) is 11.0. The molecule has 0 fully saturated rings. The van der Waals surface area contributed by atoms with Crippen molar-refractivity contribution >= 4 is 47.4 Å². The predicted molar refractivity (Wildman–Crippen MR) is 136 cm³/mol. The molecular weight excluding hydrogens is 497 g/mol. The van der Waals surface area contributed by atoms with E-state index in [9.17, 15) is 0 Å². The average molecular weight is 532 g/mol. The quantitative estimate of drug-likeness (QED) is 0.213. The minimum atomic E-state index is 0. The lowest BCUT2D eigenvalue weighted by Crippen LogP contribution is -2.41. The fourth-order valence-corrected chi connectivity index (χ4v) is 2.82. The van der Waals surface area contributed by atoms with Crippen LogP contribution < -0.4 is 15.5 Å². The highest BCUT2D eigenvalue weighted by Gasteiger charge is 2.07. The molecule has 1 aromatic carbocycles. The van der Waals surface area contributed by atoms with E-state index in [2.05, 4.69) is 70.2 Å². The van der Waals surface area contributed by atoms with Crippen molar-refractivity contribution in [1.82, 2.24) is 25.4 Å². The van der Waals surface area contributed by atoms with Gasteiger partial charge in [-0.25, -0.2) is 4.99 Å². The van der Waals surface area contributed by atoms with Gasteiger partial charge in [-0.15, -0.1) is 34.2 Å². The number of aliphatic imine (C=N–C) groups is 1. The topological polar surface area (TPSA) is 70.4 Å². The normalized spacial score (nSPS) is 12.2. The third-order valence-electron chi connectivity index (χ3n) is 4.68. The number of halogens is 1. The van der Waals surface area contributed by atoms with Crippen molar-refractivity contribution < 1.29 is 0 Å². The van der Waals surface area contributed by atoms with Crippen LogP contribution in [0.1, 0.15) is 25.0 Å². The Balaban J connectivity index is 0.00000420. The molecule has 0 amide bonds. The average Bonchev–Trinajstić information content (AvgIpc) is 3.04. The van der Waals surface area contributed by atoms with Crippen LogP contribution in [0.15, 0.2) is 35.3 Å². The molecule has 2 N–H and O–H groups in total. The molecule has 1 atom stereocenters. The number of hydrogen-bond donors (Lipinski definition) is 2. The van der Waals surface area contributed by atoms with E-state index in [0.29, 0.717) is 11.8 Å². The van der Waals surface area contributed by atoms with Crippen LogP contribution in [0.25, 0.3) is 0 Å². The fraction of sp³-hybridized carbons (Fsp3) is 0.550. The Labute approximate surface area is 196 Å². The molecule has 9 heteroatoms. The molecule has 0 radical (unpaired) electrons. The molecule has 1 unspecified atom stereocenters. The number of hydrogen-bond acceptors (Lipinski definition) is 5. The molecule has 1 heterocycles. The molecule has 0 aliphatic carbocycles. The summed E-state index contributed by atoms with van der Waals surface area (Å²) in [6.45, 7) is 7.36. The Morgan fingerprint density at radius 2 is 1.97 bits per heavy atom. The molecule has 7 nitrogen and oxygen atoms in total. The van der Waals surface area contributed by atoms with Crippen molar-refractivity contribution in [3.63, 3.8) is 0 Å². The molecule has 1 aromatic heterocycles. The number of guanidine groups is 1. The molecule has 0 aliphatic rings. The Bertz CT molecular complexity index is 736. The number of aromatic nitrogens is 3. The molecule has 2 rings (SSSR count). The Morgan fingerprint density at radius 1 is 1.24 bits per heavy atom. The molecular formula is C20H34IN7S. The van der Waals surface area contributed by atoms with Gasteiger partial charge in [0.25, 0.3) is 0 Å². The van der Waals surface area contributed by atoms with Gasteiger partial charge >= 0.3 is 0 Å². The minimum absolute atomic E-state index is 0. The highest BCUT2D eigenvalue weighted by molar-refractivity contribution is 14.0. The molecule has 0 spiro atoms. The summed E-state index contributed by atoms with van der Waals surface area (Å²) in [5.74, 6) is 2.58. The lowest BCUT2D eigenvalue weighted by molar-refractivity contribution is 0.714. The number of anilines is 1. The van der Waals surface area contributed by atoms with Gasteiger partial charge in [0, 0.05) is 44.7 Å². The lowest BCUT2D eigenvalue weighted by Gasteiger charge is -2.20. The van der Waals surface area contributed by atoms with Gasteiger partial charge in [-0.2, -0.15) is 11.8 Å². The monoisotopic (exact) mass is 531 g/mol. The summed E-state index contributed by atoms with van der Waals surface area (Å²) in [5, 5.41) is 15.7. The molecule has 29 heavy (non-hydrogen) atoms. The van der Waals surface area contributed by atoms with Crippen molar-refractivity contribution in [2.45, 2.75) is 32.1 Å². The largest absolute Gasteiger partial charge is 0.375 e. The van der Waals surface area contributed by atoms with Crippen LogP contribution in [0.2, 0.25) is 0 Å². The second kappa shape index (κ2) is 13.7. The molecule has 162 valence electrons. The van der Waals surface area contributed by atoms with Crippen LogP contribution in [0.4, 0.5) is 5.69 Å². The summed E-state index contributed by atoms with van der Waals surface area (Å²) in [4.78, 5) is 6.97. The maximum atomic E-state index is 4.70. The third-order valence-corrected chi connectivity index (χ3v) is 5.65. The SMILES string of the molecule is CSC(C)CNC(=NCc1nnc(C)n1C)NCCCN(C)c1ccccc1.I. The molecule has 0 saturated heterocycles. The lowest BCUT2D eigenvalue weighted by atomic mass is 10.3. The van der Waals surface area contributed by atoms with Gasteiger partial charge < -0.3 is 20.1 Å². The zero-order valence-electron chi connectivity index (χ0n) is 18.1. The van der Waals surface area contributed by atoms with Crippen molar-refractivity contribution in [3.05, 3.63) is 42.0 Å². The standard InChI is InChI=1S/C20H33N7S.HI/c1-16(28-5)14-22-20(23-15-19-25-24-17(2)27(19)4)21-12-9-13-26(3)18-10-7-6-8-11-18;/h6-8,10-11,16H,9,12-15H2,1-5H3,(H2,21,22,23);1H. The van der Waals surface area contributed by atoms with Gasteiger partial charge in [0.15, 0.2) is 11.8 Å². The van der Waals surface area contributed by atoms with Crippen molar-refractivity contribution in [2.24, 2.45) is 12.0 Å². The van der Waals surface area contributed by atoms with Crippen LogP contribution in [0, 0.1) is 6.92 Å². The van der Waals surface area contributed by atoms with Gasteiger partial charge in [0.1, 0.15) is 12.4 Å². The molecule has 0 saturated carbocycles. The number of rotatable bonds is 10. The summed E-state index contributed by atoms with van der Waals surface area (Å²) in [6.07, 6.45) is 3.14. The van der Waals surface area contributed by atoms with Crippen molar-refractivity contribution in [1.29, 1.82) is 0 Å². The van der Waals surface area contributed by atoms with Gasteiger partial charge in [-0.1, -0.05) is 25.1 Å². The maximum Gasteiger partial charge on any atom is 0.191 e. The molecule has 0 aliphatic heterocycles. The minimum Gasteiger partial charge on any atom is -0.375 e. The second-order valence-corrected chi connectivity index (χ2v) is 8.13. The zero-order chi connectivity index (χ0) is 20.4. The highest BCUT2D eigenvalue weighted by Crippen LogP contribution is 2.10. The van der Waals surface area contributed by atoms with E-state index in [4.69, 9.17) is 4.99 Å². The van der Waals surface area contributed by atoms with E-state index < -0.39 is 0 Å². The number of aryl methyl sites for hydroxylation is 1. The Kier molecular flexibility index (Phi) is 12.1. The van der Waals surface area contributed by atoms with Crippen molar-refractivity contribution in [2.75, 3.05) is 37.8 Å².